The zero-order chi connectivity index (χ0) is 19.9. The van der Waals surface area contributed by atoms with E-state index in [2.05, 4.69) is 16.9 Å². The first-order chi connectivity index (χ1) is 13.6. The van der Waals surface area contributed by atoms with E-state index >= 15 is 0 Å². The lowest BCUT2D eigenvalue weighted by molar-refractivity contribution is -0.136. The van der Waals surface area contributed by atoms with Crippen LogP contribution in [0.2, 0.25) is 0 Å². The molecule has 28 heavy (non-hydrogen) atoms. The average Bonchev–Trinajstić information content (AvgIpc) is 2.73. The molecule has 2 atom stereocenters. The van der Waals surface area contributed by atoms with Crippen LogP contribution in [0, 0.1) is 11.3 Å². The van der Waals surface area contributed by atoms with E-state index in [0.29, 0.717) is 12.5 Å². The summed E-state index contributed by atoms with van der Waals surface area (Å²) in [5.74, 6) is 0.657. The predicted octanol–water partition coefficient (Wildman–Crippen LogP) is 3.85. The first-order valence-corrected chi connectivity index (χ1v) is 11.5. The first-order valence-electron chi connectivity index (χ1n) is 10.3. The van der Waals surface area contributed by atoms with Crippen molar-refractivity contribution in [1.82, 2.24) is 9.62 Å². The van der Waals surface area contributed by atoms with E-state index in [-0.39, 0.29) is 24.1 Å². The molecule has 1 aromatic carbocycles. The number of piperidine rings is 1. The fraction of sp³-hybridized carbons (Fsp3) is 0.636. The van der Waals surface area contributed by atoms with Crippen LogP contribution in [0.15, 0.2) is 24.3 Å². The lowest BCUT2D eigenvalue weighted by atomic mass is 9.82. The third kappa shape index (κ3) is 5.28. The van der Waals surface area contributed by atoms with Crippen molar-refractivity contribution in [2.75, 3.05) is 19.4 Å². The zero-order valence-corrected chi connectivity index (χ0v) is 17.7. The Morgan fingerprint density at radius 2 is 2.11 bits per heavy atom. The van der Waals surface area contributed by atoms with E-state index in [1.165, 1.54) is 5.56 Å². The average molecular weight is 402 g/mol. The Labute approximate surface area is 172 Å². The van der Waals surface area contributed by atoms with Gasteiger partial charge in [-0.1, -0.05) is 24.1 Å². The number of nitrogens with one attached hydrogen (secondary N) is 1. The smallest absolute Gasteiger partial charge is 0.219 e. The van der Waals surface area contributed by atoms with Crippen LogP contribution in [0.5, 0.6) is 0 Å². The lowest BCUT2D eigenvalue weighted by Crippen LogP contribution is -2.56. The second-order valence-corrected chi connectivity index (χ2v) is 8.54. The Kier molecular flexibility index (Phi) is 7.78. The van der Waals surface area contributed by atoms with Crippen molar-refractivity contribution in [1.29, 1.82) is 5.26 Å². The van der Waals surface area contributed by atoms with Crippen LogP contribution in [0.25, 0.3) is 0 Å². The molecule has 0 radical (unpaired) electrons. The molecule has 1 N–H and O–H groups in total. The van der Waals surface area contributed by atoms with E-state index in [9.17, 15) is 4.79 Å². The van der Waals surface area contributed by atoms with E-state index in [1.807, 2.05) is 29.4 Å². The highest BCUT2D eigenvalue weighted by atomic mass is 32.2. The van der Waals surface area contributed by atoms with Crippen LogP contribution in [0.3, 0.4) is 0 Å². The van der Waals surface area contributed by atoms with Crippen LogP contribution in [-0.2, 0) is 9.53 Å². The molecule has 1 heterocycles. The number of hydrogen-bond acceptors (Lipinski definition) is 5. The van der Waals surface area contributed by atoms with Gasteiger partial charge in [0.25, 0.3) is 0 Å². The molecule has 0 spiro atoms. The molecule has 1 saturated carbocycles. The van der Waals surface area contributed by atoms with E-state index < -0.39 is 0 Å². The molecule has 0 unspecified atom stereocenters. The second-order valence-electron chi connectivity index (χ2n) is 7.89. The van der Waals surface area contributed by atoms with Gasteiger partial charge < -0.3 is 9.64 Å². The number of likely N-dealkylation sites (tertiary alicyclic amines) is 1. The number of carbonyl (C=O) groups excluding carboxylic acids is 1. The molecule has 0 aromatic heterocycles. The molecule has 152 valence electrons. The summed E-state index contributed by atoms with van der Waals surface area (Å²) >= 11 is 1.62. The number of nitrogens with zero attached hydrogens (tertiary/aromatic N) is 2. The van der Waals surface area contributed by atoms with Crippen molar-refractivity contribution in [3.63, 3.8) is 0 Å². The summed E-state index contributed by atoms with van der Waals surface area (Å²) in [6.07, 6.45) is 8.68. The summed E-state index contributed by atoms with van der Waals surface area (Å²) in [4.78, 5) is 14.1. The minimum atomic E-state index is 0.115. The molecule has 5 nitrogen and oxygen atoms in total. The minimum absolute atomic E-state index is 0.115. The maximum atomic E-state index is 12.1. The topological polar surface area (TPSA) is 65.4 Å². The SMILES string of the molecule is CSN[C@H]1CCCN(C(C)=O)[C@H]1COC1CCC(c2cccc(C#N)c2)CC1. The summed E-state index contributed by atoms with van der Waals surface area (Å²) in [6.45, 7) is 3.10. The van der Waals surface area contributed by atoms with Crippen molar-refractivity contribution < 1.29 is 9.53 Å². The Balaban J connectivity index is 1.53. The Morgan fingerprint density at radius 3 is 2.79 bits per heavy atom. The van der Waals surface area contributed by atoms with Gasteiger partial charge in [0.15, 0.2) is 0 Å². The molecule has 6 heteroatoms. The van der Waals surface area contributed by atoms with Crippen LogP contribution in [0.4, 0.5) is 0 Å². The summed E-state index contributed by atoms with van der Waals surface area (Å²) in [5.41, 5.74) is 2.02. The first kappa shape index (κ1) is 21.2. The summed E-state index contributed by atoms with van der Waals surface area (Å²) < 4.78 is 9.78. The fourth-order valence-corrected chi connectivity index (χ4v) is 5.18. The van der Waals surface area contributed by atoms with E-state index in [1.54, 1.807) is 18.9 Å². The molecule has 1 aliphatic heterocycles. The van der Waals surface area contributed by atoms with Gasteiger partial charge in [-0.2, -0.15) is 5.26 Å². The Morgan fingerprint density at radius 1 is 1.32 bits per heavy atom. The highest BCUT2D eigenvalue weighted by Crippen LogP contribution is 2.34. The molecule has 1 amide bonds. The third-order valence-corrected chi connectivity index (χ3v) is 6.66. The van der Waals surface area contributed by atoms with Gasteiger partial charge in [0.05, 0.1) is 30.4 Å². The maximum Gasteiger partial charge on any atom is 0.219 e. The summed E-state index contributed by atoms with van der Waals surface area (Å²) in [6, 6.07) is 10.6. The number of benzene rings is 1. The maximum absolute atomic E-state index is 12.1. The number of hydrogen-bond donors (Lipinski definition) is 1. The van der Waals surface area contributed by atoms with Gasteiger partial charge in [0.1, 0.15) is 0 Å². The van der Waals surface area contributed by atoms with Crippen molar-refractivity contribution in [2.24, 2.45) is 0 Å². The molecule has 1 saturated heterocycles. The van der Waals surface area contributed by atoms with Gasteiger partial charge in [0, 0.05) is 19.5 Å². The van der Waals surface area contributed by atoms with Crippen molar-refractivity contribution in [2.45, 2.75) is 69.6 Å². The van der Waals surface area contributed by atoms with Gasteiger partial charge in [-0.05, 0) is 68.4 Å². The number of carbonyl (C=O) groups is 1. The van der Waals surface area contributed by atoms with Crippen LogP contribution < -0.4 is 4.72 Å². The minimum Gasteiger partial charge on any atom is -0.376 e. The van der Waals surface area contributed by atoms with Gasteiger partial charge >= 0.3 is 0 Å². The summed E-state index contributed by atoms with van der Waals surface area (Å²) in [5, 5.41) is 9.11. The monoisotopic (exact) mass is 401 g/mol. The van der Waals surface area contributed by atoms with Gasteiger partial charge in [0.2, 0.25) is 5.91 Å². The van der Waals surface area contributed by atoms with Crippen molar-refractivity contribution in [3.05, 3.63) is 35.4 Å². The molecule has 2 fully saturated rings. The Bertz CT molecular complexity index is 695. The highest BCUT2D eigenvalue weighted by molar-refractivity contribution is 7.96. The number of ether oxygens (including phenoxy) is 1. The second kappa shape index (κ2) is 10.3. The molecule has 1 aromatic rings. The Hall–Kier alpha value is -1.55. The van der Waals surface area contributed by atoms with Crippen LogP contribution in [-0.4, -0.2) is 48.4 Å². The number of nitriles is 1. The quantitative estimate of drug-likeness (QED) is 0.734. The highest BCUT2D eigenvalue weighted by Gasteiger charge is 2.34. The molecular weight excluding hydrogens is 370 g/mol. The largest absolute Gasteiger partial charge is 0.376 e. The zero-order valence-electron chi connectivity index (χ0n) is 16.9. The summed E-state index contributed by atoms with van der Waals surface area (Å²) in [7, 11) is 0. The van der Waals surface area contributed by atoms with Crippen LogP contribution >= 0.6 is 11.9 Å². The van der Waals surface area contributed by atoms with Gasteiger partial charge in [-0.15, -0.1) is 0 Å². The molecule has 2 aliphatic rings. The van der Waals surface area contributed by atoms with Gasteiger partial charge in [-0.3, -0.25) is 9.52 Å². The third-order valence-electron chi connectivity index (χ3n) is 6.12. The van der Waals surface area contributed by atoms with E-state index in [4.69, 9.17) is 10.00 Å². The van der Waals surface area contributed by atoms with Crippen LogP contribution in [0.1, 0.15) is 62.5 Å². The van der Waals surface area contributed by atoms with Crippen molar-refractivity contribution >= 4 is 17.9 Å². The van der Waals surface area contributed by atoms with Gasteiger partial charge in [-0.25, -0.2) is 0 Å². The van der Waals surface area contributed by atoms with E-state index in [0.717, 1.165) is 50.6 Å². The normalized spacial score (nSPS) is 28.0. The molecule has 3 rings (SSSR count). The predicted molar refractivity (Wildman–Crippen MR) is 113 cm³/mol. The van der Waals surface area contributed by atoms with Crippen molar-refractivity contribution in [3.8, 4) is 6.07 Å². The fourth-order valence-electron chi connectivity index (χ4n) is 4.60. The lowest BCUT2D eigenvalue weighted by Gasteiger charge is -2.41. The standard InChI is InChI=1S/C22H31N3O2S/c1-16(26)25-12-4-7-21(24-28-2)22(25)15-27-20-10-8-18(9-11-20)19-6-3-5-17(13-19)14-23/h3,5-6,13,18,20-22,24H,4,7-12,15H2,1-2H3/t18?,20?,21-,22-/m0/s1. The number of rotatable bonds is 6. The molecule has 0 bridgehead atoms. The molecular formula is C22H31N3O2S. The molecule has 1 aliphatic carbocycles. The number of amides is 1.